The molecule has 1 saturated heterocycles. The summed E-state index contributed by atoms with van der Waals surface area (Å²) >= 11 is 0. The fourth-order valence-electron chi connectivity index (χ4n) is 3.31. The zero-order valence-corrected chi connectivity index (χ0v) is 10.2. The van der Waals surface area contributed by atoms with Crippen molar-refractivity contribution in [2.75, 3.05) is 33.2 Å². The summed E-state index contributed by atoms with van der Waals surface area (Å²) in [6, 6.07) is 0. The van der Waals surface area contributed by atoms with Gasteiger partial charge in [0, 0.05) is 19.6 Å². The van der Waals surface area contributed by atoms with Crippen molar-refractivity contribution in [3.63, 3.8) is 0 Å². The highest BCUT2D eigenvalue weighted by molar-refractivity contribution is 5.79. The molecule has 0 aromatic carbocycles. The quantitative estimate of drug-likeness (QED) is 0.704. The second-order valence-electron chi connectivity index (χ2n) is 5.27. The number of carbonyl (C=O) groups is 1. The number of piperazine rings is 1. The Morgan fingerprint density at radius 3 is 2.56 bits per heavy atom. The fraction of sp³-hybridized carbons (Fsp3) is 0.917. The first kappa shape index (κ1) is 11.9. The van der Waals surface area contributed by atoms with E-state index in [1.807, 2.05) is 0 Å². The molecule has 4 heteroatoms. The predicted molar refractivity (Wildman–Crippen MR) is 64.1 cm³/mol. The van der Waals surface area contributed by atoms with Gasteiger partial charge in [-0.1, -0.05) is 19.3 Å². The number of likely N-dealkylation sites (N-methyl/N-ethyl adjacent to an activating group) is 1. The van der Waals surface area contributed by atoms with E-state index >= 15 is 0 Å². The van der Waals surface area contributed by atoms with Gasteiger partial charge in [-0.05, 0) is 19.9 Å². The van der Waals surface area contributed by atoms with Crippen LogP contribution < -0.4 is 5.73 Å². The molecule has 1 amide bonds. The molecule has 2 N–H and O–H groups in total. The first-order valence-electron chi connectivity index (χ1n) is 6.37. The predicted octanol–water partition coefficient (Wildman–Crippen LogP) is 0.422. The van der Waals surface area contributed by atoms with Crippen LogP contribution in [0.2, 0.25) is 0 Å². The maximum absolute atomic E-state index is 11.9. The molecule has 0 unspecified atom stereocenters. The zero-order valence-electron chi connectivity index (χ0n) is 10.2. The van der Waals surface area contributed by atoms with Crippen LogP contribution in [0, 0.1) is 0 Å². The van der Waals surface area contributed by atoms with Crippen molar-refractivity contribution < 1.29 is 4.79 Å². The standard InChI is InChI=1S/C12H23N3O/c1-14-7-8-15(11(16)9-13)12(10-14)5-3-2-4-6-12/h2-10,13H2,1H3. The summed E-state index contributed by atoms with van der Waals surface area (Å²) in [5.74, 6) is 0.134. The monoisotopic (exact) mass is 225 g/mol. The Morgan fingerprint density at radius 1 is 1.25 bits per heavy atom. The highest BCUT2D eigenvalue weighted by Gasteiger charge is 2.43. The van der Waals surface area contributed by atoms with Crippen LogP contribution >= 0.6 is 0 Å². The summed E-state index contributed by atoms with van der Waals surface area (Å²) in [5.41, 5.74) is 5.62. The Morgan fingerprint density at radius 2 is 1.94 bits per heavy atom. The largest absolute Gasteiger partial charge is 0.333 e. The Bertz CT molecular complexity index is 261. The second-order valence-corrected chi connectivity index (χ2v) is 5.27. The van der Waals surface area contributed by atoms with Gasteiger partial charge < -0.3 is 15.5 Å². The molecule has 92 valence electrons. The third-order valence-corrected chi connectivity index (χ3v) is 4.10. The maximum atomic E-state index is 11.9. The Labute approximate surface area is 97.8 Å². The summed E-state index contributed by atoms with van der Waals surface area (Å²) in [5, 5.41) is 0. The summed E-state index contributed by atoms with van der Waals surface area (Å²) in [6.07, 6.45) is 6.13. The third-order valence-electron chi connectivity index (χ3n) is 4.10. The van der Waals surface area contributed by atoms with Crippen LogP contribution in [-0.2, 0) is 4.79 Å². The summed E-state index contributed by atoms with van der Waals surface area (Å²) in [4.78, 5) is 16.4. The second kappa shape index (κ2) is 4.72. The average Bonchev–Trinajstić information content (AvgIpc) is 2.29. The Balaban J connectivity index is 2.17. The molecule has 0 aromatic heterocycles. The highest BCUT2D eigenvalue weighted by atomic mass is 16.2. The summed E-state index contributed by atoms with van der Waals surface area (Å²) in [6.45, 7) is 3.02. The van der Waals surface area contributed by atoms with Crippen LogP contribution in [0.3, 0.4) is 0 Å². The van der Waals surface area contributed by atoms with Crippen LogP contribution in [0.4, 0.5) is 0 Å². The number of carbonyl (C=O) groups excluding carboxylic acids is 1. The first-order valence-corrected chi connectivity index (χ1v) is 6.37. The number of amides is 1. The van der Waals surface area contributed by atoms with Crippen molar-refractivity contribution in [3.05, 3.63) is 0 Å². The molecule has 2 aliphatic rings. The van der Waals surface area contributed by atoms with Gasteiger partial charge in [-0.25, -0.2) is 0 Å². The Kier molecular flexibility index (Phi) is 3.50. The molecule has 0 bridgehead atoms. The van der Waals surface area contributed by atoms with Crippen molar-refractivity contribution >= 4 is 5.91 Å². The van der Waals surface area contributed by atoms with E-state index in [2.05, 4.69) is 16.8 Å². The number of hydrogen-bond acceptors (Lipinski definition) is 3. The normalized spacial score (nSPS) is 26.0. The topological polar surface area (TPSA) is 49.6 Å². The fourth-order valence-corrected chi connectivity index (χ4v) is 3.31. The molecule has 0 aromatic rings. The van der Waals surface area contributed by atoms with E-state index in [1.54, 1.807) is 0 Å². The molecule has 1 spiro atoms. The van der Waals surface area contributed by atoms with E-state index in [0.29, 0.717) is 0 Å². The number of hydrogen-bond donors (Lipinski definition) is 1. The van der Waals surface area contributed by atoms with Crippen molar-refractivity contribution in [1.29, 1.82) is 0 Å². The van der Waals surface area contributed by atoms with Crippen LogP contribution in [0.1, 0.15) is 32.1 Å². The van der Waals surface area contributed by atoms with Crippen LogP contribution in [0.5, 0.6) is 0 Å². The molecule has 1 heterocycles. The molecule has 2 fully saturated rings. The summed E-state index contributed by atoms with van der Waals surface area (Å²) < 4.78 is 0. The maximum Gasteiger partial charge on any atom is 0.236 e. The van der Waals surface area contributed by atoms with Crippen LogP contribution in [0.25, 0.3) is 0 Å². The van der Waals surface area contributed by atoms with Gasteiger partial charge in [-0.15, -0.1) is 0 Å². The van der Waals surface area contributed by atoms with Crippen molar-refractivity contribution in [2.24, 2.45) is 5.73 Å². The van der Waals surface area contributed by atoms with Crippen LogP contribution in [0.15, 0.2) is 0 Å². The van der Waals surface area contributed by atoms with E-state index in [0.717, 1.165) is 32.5 Å². The molecule has 1 aliphatic heterocycles. The molecule has 1 aliphatic carbocycles. The number of nitrogens with two attached hydrogens (primary N) is 1. The summed E-state index contributed by atoms with van der Waals surface area (Å²) in [7, 11) is 2.15. The lowest BCUT2D eigenvalue weighted by Crippen LogP contribution is -2.64. The molecular formula is C12H23N3O. The number of rotatable bonds is 1. The number of nitrogens with zero attached hydrogens (tertiary/aromatic N) is 2. The molecule has 1 saturated carbocycles. The van der Waals surface area contributed by atoms with Crippen molar-refractivity contribution in [3.8, 4) is 0 Å². The van der Waals surface area contributed by atoms with Gasteiger partial charge in [-0.3, -0.25) is 4.79 Å². The minimum Gasteiger partial charge on any atom is -0.333 e. The molecule has 4 nitrogen and oxygen atoms in total. The smallest absolute Gasteiger partial charge is 0.236 e. The van der Waals surface area contributed by atoms with Crippen molar-refractivity contribution in [2.45, 2.75) is 37.6 Å². The molecular weight excluding hydrogens is 202 g/mol. The molecule has 0 radical (unpaired) electrons. The third kappa shape index (κ3) is 2.09. The van der Waals surface area contributed by atoms with Crippen LogP contribution in [-0.4, -0.2) is 54.5 Å². The molecule has 16 heavy (non-hydrogen) atoms. The van der Waals surface area contributed by atoms with Gasteiger partial charge >= 0.3 is 0 Å². The molecule has 0 atom stereocenters. The van der Waals surface area contributed by atoms with Gasteiger partial charge in [0.2, 0.25) is 5.91 Å². The van der Waals surface area contributed by atoms with Gasteiger partial charge in [0.15, 0.2) is 0 Å². The van der Waals surface area contributed by atoms with Gasteiger partial charge in [0.1, 0.15) is 0 Å². The lowest BCUT2D eigenvalue weighted by molar-refractivity contribution is -0.142. The van der Waals surface area contributed by atoms with Gasteiger partial charge in [-0.2, -0.15) is 0 Å². The zero-order chi connectivity index (χ0) is 11.6. The van der Waals surface area contributed by atoms with E-state index in [9.17, 15) is 4.79 Å². The molecule has 2 rings (SSSR count). The minimum atomic E-state index is 0.0989. The lowest BCUT2D eigenvalue weighted by atomic mass is 9.78. The van der Waals surface area contributed by atoms with E-state index in [1.165, 1.54) is 19.3 Å². The van der Waals surface area contributed by atoms with E-state index < -0.39 is 0 Å². The highest BCUT2D eigenvalue weighted by Crippen LogP contribution is 2.36. The van der Waals surface area contributed by atoms with Gasteiger partial charge in [0.25, 0.3) is 0 Å². The lowest BCUT2D eigenvalue weighted by Gasteiger charge is -2.52. The van der Waals surface area contributed by atoms with E-state index in [-0.39, 0.29) is 18.0 Å². The Hall–Kier alpha value is -0.610. The van der Waals surface area contributed by atoms with E-state index in [4.69, 9.17) is 5.73 Å². The SMILES string of the molecule is CN1CCN(C(=O)CN)C2(CCCCC2)C1. The minimum absolute atomic E-state index is 0.0989. The van der Waals surface area contributed by atoms with Crippen molar-refractivity contribution in [1.82, 2.24) is 9.80 Å². The first-order chi connectivity index (χ1) is 7.68. The van der Waals surface area contributed by atoms with Gasteiger partial charge in [0.05, 0.1) is 12.1 Å². The average molecular weight is 225 g/mol.